The number of carbonyl (C=O) groups excluding carboxylic acids is 3. The first kappa shape index (κ1) is 22.7. The number of esters is 1. The van der Waals surface area contributed by atoms with E-state index in [4.69, 9.17) is 9.15 Å². The summed E-state index contributed by atoms with van der Waals surface area (Å²) in [7, 11) is 1.30. The third-order valence-corrected chi connectivity index (χ3v) is 6.94. The highest BCUT2D eigenvalue weighted by molar-refractivity contribution is 5.94. The number of rotatable bonds is 5. The first-order chi connectivity index (χ1) is 16.9. The van der Waals surface area contributed by atoms with Crippen molar-refractivity contribution < 1.29 is 23.5 Å². The number of amides is 3. The molecule has 3 heterocycles. The lowest BCUT2D eigenvalue weighted by molar-refractivity contribution is -0.149. The molecule has 0 radical (unpaired) electrons. The number of piperidine rings is 1. The molecular weight excluding hydrogens is 452 g/mol. The molecule has 1 spiro atoms. The second-order valence-corrected chi connectivity index (χ2v) is 9.06. The number of aromatic amines is 1. The van der Waals surface area contributed by atoms with Crippen molar-refractivity contribution in [1.29, 1.82) is 0 Å². The Morgan fingerprint density at radius 3 is 2.69 bits per heavy atom. The van der Waals surface area contributed by atoms with E-state index in [1.54, 1.807) is 23.1 Å². The molecule has 35 heavy (non-hydrogen) atoms. The lowest BCUT2D eigenvalue weighted by atomic mass is 9.79. The molecule has 3 amide bonds. The van der Waals surface area contributed by atoms with Gasteiger partial charge in [-0.2, -0.15) is 0 Å². The van der Waals surface area contributed by atoms with Crippen LogP contribution >= 0.6 is 0 Å². The van der Waals surface area contributed by atoms with Crippen molar-refractivity contribution in [2.24, 2.45) is 5.92 Å². The zero-order chi connectivity index (χ0) is 24.6. The highest BCUT2D eigenvalue weighted by Crippen LogP contribution is 2.39. The van der Waals surface area contributed by atoms with Crippen LogP contribution in [0.3, 0.4) is 0 Å². The number of nitrogens with one attached hydrogen (secondary N) is 3. The third kappa shape index (κ3) is 4.39. The minimum Gasteiger partial charge on any atom is -0.469 e. The van der Waals surface area contributed by atoms with Crippen LogP contribution in [0.2, 0.25) is 0 Å². The van der Waals surface area contributed by atoms with E-state index >= 15 is 0 Å². The van der Waals surface area contributed by atoms with E-state index in [2.05, 4.69) is 15.6 Å². The predicted octanol–water partition coefficient (Wildman–Crippen LogP) is 2.50. The van der Waals surface area contributed by atoms with Crippen LogP contribution in [-0.4, -0.2) is 48.0 Å². The van der Waals surface area contributed by atoms with Crippen LogP contribution in [0.4, 0.5) is 10.5 Å². The van der Waals surface area contributed by atoms with Gasteiger partial charge in [0.15, 0.2) is 5.58 Å². The molecule has 1 fully saturated rings. The number of aromatic nitrogens is 1. The molecule has 1 unspecified atom stereocenters. The molecule has 3 aromatic rings. The maximum Gasteiger partial charge on any atom is 0.417 e. The van der Waals surface area contributed by atoms with Gasteiger partial charge in [-0.05, 0) is 43.0 Å². The standard InChI is InChI=1S/C25H26N4O6/c1-34-22(31)16(12-15-6-7-19-20(13-15)35-24(33)27-19)14-21(30)29-10-8-25(9-11-29)17-4-2-3-5-18(17)26-23(32)28-25/h2-7,13,16H,8-12,14H2,1H3,(H,27,33)(H2,26,28,32). The van der Waals surface area contributed by atoms with E-state index in [0.29, 0.717) is 37.0 Å². The molecule has 1 saturated heterocycles. The van der Waals surface area contributed by atoms with Crippen LogP contribution in [0.25, 0.3) is 11.1 Å². The zero-order valence-corrected chi connectivity index (χ0v) is 19.3. The number of H-pyrrole nitrogens is 1. The fourth-order valence-corrected chi connectivity index (χ4v) is 5.13. The Hall–Kier alpha value is -4.08. The molecule has 2 aliphatic rings. The summed E-state index contributed by atoms with van der Waals surface area (Å²) in [6.45, 7) is 0.920. The number of para-hydroxylation sites is 1. The number of fused-ring (bicyclic) bond motifs is 3. The Labute approximate surface area is 200 Å². The van der Waals surface area contributed by atoms with Crippen LogP contribution in [0.5, 0.6) is 0 Å². The van der Waals surface area contributed by atoms with E-state index in [0.717, 1.165) is 16.8 Å². The number of oxazole rings is 1. The number of urea groups is 1. The number of benzene rings is 2. The van der Waals surface area contributed by atoms with Crippen molar-refractivity contribution in [3.8, 4) is 0 Å². The topological polar surface area (TPSA) is 134 Å². The molecule has 3 N–H and O–H groups in total. The van der Waals surface area contributed by atoms with E-state index in [-0.39, 0.29) is 24.8 Å². The van der Waals surface area contributed by atoms with E-state index in [1.807, 2.05) is 24.3 Å². The molecule has 10 nitrogen and oxygen atoms in total. The van der Waals surface area contributed by atoms with Gasteiger partial charge in [-0.1, -0.05) is 24.3 Å². The van der Waals surface area contributed by atoms with Crippen molar-refractivity contribution in [2.75, 3.05) is 25.5 Å². The number of nitrogens with zero attached hydrogens (tertiary/aromatic N) is 1. The zero-order valence-electron chi connectivity index (χ0n) is 19.3. The fraction of sp³-hybridized carbons (Fsp3) is 0.360. The lowest BCUT2D eigenvalue weighted by Gasteiger charge is -2.45. The Kier molecular flexibility index (Phi) is 5.80. The van der Waals surface area contributed by atoms with Gasteiger partial charge >= 0.3 is 17.8 Å². The second-order valence-electron chi connectivity index (χ2n) is 9.06. The van der Waals surface area contributed by atoms with Crippen molar-refractivity contribution in [3.05, 3.63) is 64.1 Å². The Morgan fingerprint density at radius 1 is 1.14 bits per heavy atom. The summed E-state index contributed by atoms with van der Waals surface area (Å²) in [5.74, 6) is -1.84. The van der Waals surface area contributed by atoms with Crippen LogP contribution in [0, 0.1) is 5.92 Å². The molecule has 2 aromatic carbocycles. The highest BCUT2D eigenvalue weighted by Gasteiger charge is 2.43. The molecule has 2 aliphatic heterocycles. The first-order valence-corrected chi connectivity index (χ1v) is 11.5. The van der Waals surface area contributed by atoms with Crippen LogP contribution in [0.15, 0.2) is 51.7 Å². The summed E-state index contributed by atoms with van der Waals surface area (Å²) in [5.41, 5.74) is 3.01. The van der Waals surface area contributed by atoms with Gasteiger partial charge in [0.1, 0.15) is 0 Å². The van der Waals surface area contributed by atoms with E-state index in [9.17, 15) is 19.2 Å². The molecule has 0 aliphatic carbocycles. The molecule has 10 heteroatoms. The number of hydrogen-bond donors (Lipinski definition) is 3. The summed E-state index contributed by atoms with van der Waals surface area (Å²) in [4.78, 5) is 53.6. The summed E-state index contributed by atoms with van der Waals surface area (Å²) < 4.78 is 10.1. The van der Waals surface area contributed by atoms with E-state index in [1.165, 1.54) is 7.11 Å². The normalized spacial score (nSPS) is 17.4. The number of hydrogen-bond acceptors (Lipinski definition) is 6. The summed E-state index contributed by atoms with van der Waals surface area (Å²) in [5, 5.41) is 5.91. The molecule has 0 saturated carbocycles. The summed E-state index contributed by atoms with van der Waals surface area (Å²) in [6.07, 6.45) is 1.43. The van der Waals surface area contributed by atoms with Crippen LogP contribution in [-0.2, 0) is 26.3 Å². The molecule has 5 rings (SSSR count). The summed E-state index contributed by atoms with van der Waals surface area (Å²) >= 11 is 0. The SMILES string of the molecule is COC(=O)C(CC(=O)N1CCC2(CC1)NC(=O)Nc1ccccc12)Cc1ccc2[nH]c(=O)oc2c1. The third-order valence-electron chi connectivity index (χ3n) is 6.94. The van der Waals surface area contributed by atoms with Crippen molar-refractivity contribution >= 4 is 34.7 Å². The quantitative estimate of drug-likeness (QED) is 0.483. The summed E-state index contributed by atoms with van der Waals surface area (Å²) in [6, 6.07) is 12.6. The predicted molar refractivity (Wildman–Crippen MR) is 127 cm³/mol. The Bertz CT molecular complexity index is 1350. The highest BCUT2D eigenvalue weighted by atomic mass is 16.5. The molecule has 182 valence electrons. The maximum absolute atomic E-state index is 13.2. The second kappa shape index (κ2) is 8.94. The minimum absolute atomic E-state index is 0.000697. The molecule has 1 atom stereocenters. The smallest absolute Gasteiger partial charge is 0.417 e. The van der Waals surface area contributed by atoms with Gasteiger partial charge in [0, 0.05) is 30.8 Å². The van der Waals surface area contributed by atoms with Gasteiger partial charge in [0.2, 0.25) is 5.91 Å². The maximum atomic E-state index is 13.2. The van der Waals surface area contributed by atoms with Gasteiger partial charge < -0.3 is 24.7 Å². The van der Waals surface area contributed by atoms with Gasteiger partial charge in [-0.25, -0.2) is 9.59 Å². The van der Waals surface area contributed by atoms with Crippen molar-refractivity contribution in [3.63, 3.8) is 0 Å². The number of carbonyl (C=O) groups is 3. The van der Waals surface area contributed by atoms with Crippen LogP contribution < -0.4 is 16.4 Å². The molecular formula is C25H26N4O6. The largest absolute Gasteiger partial charge is 0.469 e. The number of methoxy groups -OCH3 is 1. The minimum atomic E-state index is -0.675. The van der Waals surface area contributed by atoms with Crippen molar-refractivity contribution in [2.45, 2.75) is 31.2 Å². The Morgan fingerprint density at radius 2 is 1.91 bits per heavy atom. The van der Waals surface area contributed by atoms with Crippen LogP contribution in [0.1, 0.15) is 30.4 Å². The molecule has 0 bridgehead atoms. The first-order valence-electron chi connectivity index (χ1n) is 11.5. The average molecular weight is 479 g/mol. The molecule has 1 aromatic heterocycles. The number of anilines is 1. The number of likely N-dealkylation sites (tertiary alicyclic amines) is 1. The Balaban J connectivity index is 1.27. The van der Waals surface area contributed by atoms with Gasteiger partial charge in [-0.3, -0.25) is 14.6 Å². The fourth-order valence-electron chi connectivity index (χ4n) is 5.13. The van der Waals surface area contributed by atoms with Gasteiger partial charge in [-0.15, -0.1) is 0 Å². The van der Waals surface area contributed by atoms with Gasteiger partial charge in [0.25, 0.3) is 0 Å². The monoisotopic (exact) mass is 478 g/mol. The number of ether oxygens (including phenoxy) is 1. The van der Waals surface area contributed by atoms with Crippen molar-refractivity contribution in [1.82, 2.24) is 15.2 Å². The van der Waals surface area contributed by atoms with E-state index < -0.39 is 23.2 Å². The average Bonchev–Trinajstić information content (AvgIpc) is 3.22. The van der Waals surface area contributed by atoms with Gasteiger partial charge in [0.05, 0.1) is 24.1 Å². The lowest BCUT2D eigenvalue weighted by Crippen LogP contribution is -2.57.